The van der Waals surface area contributed by atoms with E-state index in [0.29, 0.717) is 12.0 Å². The van der Waals surface area contributed by atoms with Crippen LogP contribution in [0, 0.1) is 5.41 Å². The first kappa shape index (κ1) is 21.0. The van der Waals surface area contributed by atoms with Crippen LogP contribution in [0.3, 0.4) is 0 Å². The Balaban J connectivity index is 1.89. The summed E-state index contributed by atoms with van der Waals surface area (Å²) in [6.07, 6.45) is 1.70. The van der Waals surface area contributed by atoms with Crippen molar-refractivity contribution in [1.29, 1.82) is 0 Å². The van der Waals surface area contributed by atoms with Crippen molar-refractivity contribution in [2.24, 2.45) is 5.41 Å². The molecule has 3 unspecified atom stereocenters. The number of nitrogens with one attached hydrogen (secondary N) is 1. The number of hydrogen-bond donors (Lipinski definition) is 2. The third kappa shape index (κ3) is 5.02. The number of carbonyl (C=O) groups is 1. The highest BCUT2D eigenvalue weighted by Gasteiger charge is 2.46. The molecule has 2 aromatic rings. The Morgan fingerprint density at radius 2 is 1.96 bits per heavy atom. The number of carbonyl (C=O) groups excluding carboxylic acids is 1. The van der Waals surface area contributed by atoms with E-state index in [9.17, 15) is 9.90 Å². The van der Waals surface area contributed by atoms with Gasteiger partial charge in [0.25, 0.3) is 5.91 Å². The summed E-state index contributed by atoms with van der Waals surface area (Å²) >= 11 is 1.69. The zero-order chi connectivity index (χ0) is 20.4. The molecule has 152 valence electrons. The summed E-state index contributed by atoms with van der Waals surface area (Å²) in [6.45, 7) is 10.4. The summed E-state index contributed by atoms with van der Waals surface area (Å²) in [6, 6.07) is 13.0. The van der Waals surface area contributed by atoms with E-state index in [1.807, 2.05) is 43.3 Å². The van der Waals surface area contributed by atoms with Crippen LogP contribution in [0.4, 0.5) is 0 Å². The number of thiophene rings is 1. The number of aliphatic hydroxyl groups is 1. The number of nitrogens with zero attached hydrogens (tertiary/aromatic N) is 1. The molecule has 5 heteroatoms. The minimum absolute atomic E-state index is 0.0289. The summed E-state index contributed by atoms with van der Waals surface area (Å²) in [4.78, 5) is 16.5. The van der Waals surface area contributed by atoms with Crippen LogP contribution in [-0.2, 0) is 0 Å². The molecule has 3 rings (SSSR count). The van der Waals surface area contributed by atoms with Crippen LogP contribution >= 0.6 is 11.3 Å². The minimum Gasteiger partial charge on any atom is -0.388 e. The summed E-state index contributed by atoms with van der Waals surface area (Å²) in [7, 11) is 0. The normalized spacial score (nSPS) is 26.2. The molecule has 2 heterocycles. The van der Waals surface area contributed by atoms with Gasteiger partial charge >= 0.3 is 0 Å². The number of likely N-dealkylation sites (tertiary alicyclic amines) is 1. The Morgan fingerprint density at radius 1 is 1.25 bits per heavy atom. The molecule has 4 nitrogen and oxygen atoms in total. The van der Waals surface area contributed by atoms with E-state index >= 15 is 0 Å². The lowest BCUT2D eigenvalue weighted by Gasteiger charge is -2.49. The average Bonchev–Trinajstić information content (AvgIpc) is 3.16. The van der Waals surface area contributed by atoms with Gasteiger partial charge in [-0.15, -0.1) is 11.3 Å². The predicted octanol–water partition coefficient (Wildman–Crippen LogP) is 4.48. The second-order valence-electron chi connectivity index (χ2n) is 9.23. The predicted molar refractivity (Wildman–Crippen MR) is 116 cm³/mol. The number of benzene rings is 1. The van der Waals surface area contributed by atoms with Crippen LogP contribution in [0.1, 0.15) is 61.8 Å². The van der Waals surface area contributed by atoms with Crippen molar-refractivity contribution >= 4 is 17.2 Å². The van der Waals surface area contributed by atoms with Crippen LogP contribution in [0.2, 0.25) is 0 Å². The molecule has 1 aromatic heterocycles. The van der Waals surface area contributed by atoms with E-state index in [-0.39, 0.29) is 23.4 Å². The molecule has 0 spiro atoms. The molecule has 3 atom stereocenters. The monoisotopic (exact) mass is 400 g/mol. The molecule has 1 aliphatic rings. The molecule has 1 fully saturated rings. The molecule has 1 aromatic carbocycles. The van der Waals surface area contributed by atoms with Crippen molar-refractivity contribution in [3.8, 4) is 0 Å². The molecular formula is C23H32N2O2S. The molecule has 28 heavy (non-hydrogen) atoms. The minimum atomic E-state index is -0.961. The second-order valence-corrected chi connectivity index (χ2v) is 10.2. The highest BCUT2D eigenvalue weighted by atomic mass is 32.1. The molecule has 2 N–H and O–H groups in total. The van der Waals surface area contributed by atoms with Crippen molar-refractivity contribution in [3.63, 3.8) is 0 Å². The zero-order valence-electron chi connectivity index (χ0n) is 17.3. The van der Waals surface area contributed by atoms with Crippen LogP contribution in [0.15, 0.2) is 47.8 Å². The maximum Gasteiger partial charge on any atom is 0.251 e. The molecule has 0 radical (unpaired) electrons. The average molecular weight is 401 g/mol. The van der Waals surface area contributed by atoms with Crippen LogP contribution in [-0.4, -0.2) is 40.6 Å². The first-order chi connectivity index (χ1) is 13.2. The fourth-order valence-electron chi connectivity index (χ4n) is 3.80. The van der Waals surface area contributed by atoms with Crippen LogP contribution in [0.5, 0.6) is 0 Å². The number of rotatable bonds is 5. The summed E-state index contributed by atoms with van der Waals surface area (Å²) in [5.41, 5.74) is -0.102. The lowest BCUT2D eigenvalue weighted by atomic mass is 9.81. The van der Waals surface area contributed by atoms with Crippen molar-refractivity contribution in [3.05, 3.63) is 58.3 Å². The van der Waals surface area contributed by atoms with Gasteiger partial charge < -0.3 is 10.4 Å². The first-order valence-corrected chi connectivity index (χ1v) is 10.9. The maximum absolute atomic E-state index is 12.9. The van der Waals surface area contributed by atoms with Crippen LogP contribution < -0.4 is 5.32 Å². The smallest absolute Gasteiger partial charge is 0.251 e. The Bertz CT molecular complexity index is 766. The molecule has 0 aliphatic carbocycles. The van der Waals surface area contributed by atoms with Gasteiger partial charge in [0.05, 0.1) is 17.7 Å². The standard InChI is InChI=1S/C23H32N2O2S/c1-22(2,3)12-14-25-15-13-23(4,27)20(19(25)18-11-8-16-28-18)24-21(26)17-9-6-5-7-10-17/h5-11,16,19-20,27H,12-15H2,1-4H3,(H,24,26). The van der Waals surface area contributed by atoms with Gasteiger partial charge in [-0.2, -0.15) is 0 Å². The summed E-state index contributed by atoms with van der Waals surface area (Å²) in [5, 5.41) is 16.4. The Morgan fingerprint density at radius 3 is 2.57 bits per heavy atom. The Hall–Kier alpha value is -1.69. The quantitative estimate of drug-likeness (QED) is 0.778. The second kappa shape index (κ2) is 8.36. The van der Waals surface area contributed by atoms with Gasteiger partial charge in [0.15, 0.2) is 0 Å². The van der Waals surface area contributed by atoms with E-state index in [1.54, 1.807) is 11.3 Å². The highest BCUT2D eigenvalue weighted by molar-refractivity contribution is 7.10. The van der Waals surface area contributed by atoms with Crippen LogP contribution in [0.25, 0.3) is 0 Å². The zero-order valence-corrected chi connectivity index (χ0v) is 18.1. The molecule has 0 bridgehead atoms. The first-order valence-electron chi connectivity index (χ1n) is 10.0. The van der Waals surface area contributed by atoms with Crippen molar-refractivity contribution in [2.45, 2.75) is 58.2 Å². The van der Waals surface area contributed by atoms with E-state index in [1.165, 1.54) is 4.88 Å². The Labute approximate surface area is 172 Å². The van der Waals surface area contributed by atoms with Crippen molar-refractivity contribution in [1.82, 2.24) is 10.2 Å². The fraction of sp³-hybridized carbons (Fsp3) is 0.522. The highest BCUT2D eigenvalue weighted by Crippen LogP contribution is 2.39. The number of piperidine rings is 1. The van der Waals surface area contributed by atoms with Gasteiger partial charge in [0.2, 0.25) is 0 Å². The number of amides is 1. The van der Waals surface area contributed by atoms with E-state index < -0.39 is 5.60 Å². The molecular weight excluding hydrogens is 368 g/mol. The van der Waals surface area contributed by atoms with Gasteiger partial charge in [-0.3, -0.25) is 9.69 Å². The van der Waals surface area contributed by atoms with Gasteiger partial charge in [0, 0.05) is 17.0 Å². The molecule has 1 aliphatic heterocycles. The summed E-state index contributed by atoms with van der Waals surface area (Å²) in [5.74, 6) is -0.134. The fourth-order valence-corrected chi connectivity index (χ4v) is 4.69. The SMILES string of the molecule is CC(C)(C)CCN1CCC(C)(O)C(NC(=O)c2ccccc2)C1c1cccs1. The van der Waals surface area contributed by atoms with Gasteiger partial charge in [-0.1, -0.05) is 45.0 Å². The summed E-state index contributed by atoms with van der Waals surface area (Å²) < 4.78 is 0. The van der Waals surface area contributed by atoms with Gasteiger partial charge in [-0.25, -0.2) is 0 Å². The lowest BCUT2D eigenvalue weighted by molar-refractivity contribution is -0.0648. The van der Waals surface area contributed by atoms with Crippen molar-refractivity contribution < 1.29 is 9.90 Å². The Kier molecular flexibility index (Phi) is 6.28. The molecule has 1 saturated heterocycles. The third-order valence-corrected chi connectivity index (χ3v) is 6.53. The van der Waals surface area contributed by atoms with Gasteiger partial charge in [0.1, 0.15) is 0 Å². The third-order valence-electron chi connectivity index (χ3n) is 5.59. The van der Waals surface area contributed by atoms with Crippen molar-refractivity contribution in [2.75, 3.05) is 13.1 Å². The van der Waals surface area contributed by atoms with Gasteiger partial charge in [-0.05, 0) is 55.3 Å². The number of hydrogen-bond acceptors (Lipinski definition) is 4. The van der Waals surface area contributed by atoms with E-state index in [4.69, 9.17) is 0 Å². The largest absolute Gasteiger partial charge is 0.388 e. The van der Waals surface area contributed by atoms with E-state index in [0.717, 1.165) is 19.5 Å². The van der Waals surface area contributed by atoms with E-state index in [2.05, 4.69) is 42.4 Å². The molecule has 1 amide bonds. The maximum atomic E-state index is 12.9. The topological polar surface area (TPSA) is 52.6 Å². The molecule has 0 saturated carbocycles. The lowest BCUT2D eigenvalue weighted by Crippen LogP contribution is -2.62.